The monoisotopic (exact) mass is 450 g/mol. The molecule has 4 rings (SSSR count). The summed E-state index contributed by atoms with van der Waals surface area (Å²) in [5.74, 6) is 0.465. The lowest BCUT2D eigenvalue weighted by atomic mass is 9.99. The smallest absolute Gasteiger partial charge is 0.416 e. The lowest BCUT2D eigenvalue weighted by molar-refractivity contribution is -0.0953. The predicted molar refractivity (Wildman–Crippen MR) is 116 cm³/mol. The summed E-state index contributed by atoms with van der Waals surface area (Å²) in [4.78, 5) is 18.3. The van der Waals surface area contributed by atoms with Crippen molar-refractivity contribution in [2.45, 2.75) is 77.2 Å². The van der Waals surface area contributed by atoms with E-state index in [4.69, 9.17) is 4.74 Å². The van der Waals surface area contributed by atoms with Gasteiger partial charge in [-0.05, 0) is 69.7 Å². The number of rotatable bonds is 3. The van der Waals surface area contributed by atoms with E-state index < -0.39 is 17.4 Å². The molecule has 6 nitrogen and oxygen atoms in total. The number of allylic oxidation sites excluding steroid dienone is 1. The maximum absolute atomic E-state index is 13.4. The Morgan fingerprint density at radius 2 is 1.88 bits per heavy atom. The summed E-state index contributed by atoms with van der Waals surface area (Å²) in [5, 5.41) is 6.12. The summed E-state index contributed by atoms with van der Waals surface area (Å²) in [6.45, 7) is 6.55. The summed E-state index contributed by atoms with van der Waals surface area (Å²) in [6, 6.07) is 5.89. The number of hydrogen-bond donors (Lipinski definition) is 2. The Labute approximate surface area is 185 Å². The fourth-order valence-electron chi connectivity index (χ4n) is 3.81. The Morgan fingerprint density at radius 1 is 1.12 bits per heavy atom. The summed E-state index contributed by atoms with van der Waals surface area (Å²) >= 11 is 0. The van der Waals surface area contributed by atoms with Gasteiger partial charge in [0.05, 0.1) is 5.57 Å². The van der Waals surface area contributed by atoms with Crippen LogP contribution in [0.25, 0.3) is 0 Å². The molecule has 0 atom stereocenters. The highest BCUT2D eigenvalue weighted by Crippen LogP contribution is 2.35. The molecule has 9 heteroatoms. The number of halogens is 3. The number of amidine groups is 1. The zero-order chi connectivity index (χ0) is 23.1. The lowest BCUT2D eigenvalue weighted by Gasteiger charge is -2.31. The minimum Gasteiger partial charge on any atom is -0.444 e. The van der Waals surface area contributed by atoms with Gasteiger partial charge in [0.1, 0.15) is 17.3 Å². The van der Waals surface area contributed by atoms with Crippen LogP contribution in [-0.2, 0) is 17.7 Å². The van der Waals surface area contributed by atoms with E-state index in [1.54, 1.807) is 4.90 Å². The molecule has 1 aromatic rings. The Morgan fingerprint density at radius 3 is 2.53 bits per heavy atom. The zero-order valence-corrected chi connectivity index (χ0v) is 18.6. The number of benzene rings is 1. The Balaban J connectivity index is 1.46. The third-order valence-corrected chi connectivity index (χ3v) is 5.56. The van der Waals surface area contributed by atoms with Crippen LogP contribution < -0.4 is 10.6 Å². The molecule has 0 spiro atoms. The molecule has 0 aromatic heterocycles. The molecule has 1 amide bonds. The minimum atomic E-state index is -4.38. The van der Waals surface area contributed by atoms with Crippen LogP contribution in [0, 0.1) is 0 Å². The van der Waals surface area contributed by atoms with Gasteiger partial charge >= 0.3 is 12.3 Å². The molecule has 2 aliphatic heterocycles. The second-order valence-electron chi connectivity index (χ2n) is 9.56. The first kappa shape index (κ1) is 22.5. The van der Waals surface area contributed by atoms with Crippen LogP contribution in [0.1, 0.15) is 57.6 Å². The van der Waals surface area contributed by atoms with Crippen molar-refractivity contribution in [3.8, 4) is 0 Å². The summed E-state index contributed by atoms with van der Waals surface area (Å²) in [5.41, 5.74) is 1.80. The third kappa shape index (κ3) is 5.55. The standard InChI is InChI=1S/C23H29F3N4O2/c1-22(2,3)32-21(31)30-11-10-14-12-17(5-4-15(14)13-30)27-19-9-8-18(23(24,25)26)20(29-19)28-16-6-7-16/h4-5,12,16,28H,6-11,13H2,1-3H3,(H,27,29). The van der Waals surface area contributed by atoms with E-state index in [1.165, 1.54) is 0 Å². The fraction of sp³-hybridized carbons (Fsp3) is 0.565. The number of alkyl halides is 3. The molecule has 0 bridgehead atoms. The topological polar surface area (TPSA) is 66.0 Å². The van der Waals surface area contributed by atoms with Gasteiger partial charge in [0, 0.05) is 31.2 Å². The molecule has 0 saturated heterocycles. The van der Waals surface area contributed by atoms with Gasteiger partial charge in [0.2, 0.25) is 0 Å². The van der Waals surface area contributed by atoms with E-state index in [9.17, 15) is 18.0 Å². The molecule has 2 heterocycles. The average molecular weight is 451 g/mol. The number of nitrogens with zero attached hydrogens (tertiary/aromatic N) is 2. The number of carbonyl (C=O) groups is 1. The molecule has 1 saturated carbocycles. The first-order chi connectivity index (χ1) is 15.0. The van der Waals surface area contributed by atoms with Crippen LogP contribution in [0.15, 0.2) is 34.6 Å². The molecule has 32 heavy (non-hydrogen) atoms. The largest absolute Gasteiger partial charge is 0.444 e. The van der Waals surface area contributed by atoms with Crippen molar-refractivity contribution >= 4 is 17.6 Å². The lowest BCUT2D eigenvalue weighted by Crippen LogP contribution is -2.39. The SMILES string of the molecule is CC(C)(C)OC(=O)N1CCc2cc(NC3=NC(NC4CC4)=C(C(F)(F)F)CC3)ccc2C1. The van der Waals surface area contributed by atoms with Gasteiger partial charge < -0.3 is 20.3 Å². The van der Waals surface area contributed by atoms with E-state index in [-0.39, 0.29) is 30.8 Å². The normalized spacial score (nSPS) is 19.3. The van der Waals surface area contributed by atoms with Gasteiger partial charge in [-0.2, -0.15) is 13.2 Å². The van der Waals surface area contributed by atoms with Gasteiger partial charge in [-0.15, -0.1) is 0 Å². The van der Waals surface area contributed by atoms with Crippen molar-refractivity contribution in [3.63, 3.8) is 0 Å². The van der Waals surface area contributed by atoms with Crippen molar-refractivity contribution in [2.24, 2.45) is 4.99 Å². The second-order valence-corrected chi connectivity index (χ2v) is 9.56. The van der Waals surface area contributed by atoms with Crippen LogP contribution in [0.2, 0.25) is 0 Å². The molecule has 174 valence electrons. The zero-order valence-electron chi connectivity index (χ0n) is 18.6. The van der Waals surface area contributed by atoms with Crippen LogP contribution in [-0.4, -0.2) is 41.2 Å². The van der Waals surface area contributed by atoms with E-state index in [1.807, 2.05) is 39.0 Å². The van der Waals surface area contributed by atoms with E-state index in [0.717, 1.165) is 29.7 Å². The van der Waals surface area contributed by atoms with Crippen LogP contribution >= 0.6 is 0 Å². The van der Waals surface area contributed by atoms with Crippen molar-refractivity contribution in [1.29, 1.82) is 0 Å². The van der Waals surface area contributed by atoms with Crippen molar-refractivity contribution < 1.29 is 22.7 Å². The van der Waals surface area contributed by atoms with E-state index >= 15 is 0 Å². The van der Waals surface area contributed by atoms with Gasteiger partial charge in [-0.25, -0.2) is 9.79 Å². The van der Waals surface area contributed by atoms with E-state index in [2.05, 4.69) is 15.6 Å². The Bertz CT molecular complexity index is 959. The highest BCUT2D eigenvalue weighted by Gasteiger charge is 2.39. The van der Waals surface area contributed by atoms with Crippen LogP contribution in [0.4, 0.5) is 23.7 Å². The number of anilines is 1. The van der Waals surface area contributed by atoms with Crippen LogP contribution in [0.5, 0.6) is 0 Å². The van der Waals surface area contributed by atoms with Crippen LogP contribution in [0.3, 0.4) is 0 Å². The highest BCUT2D eigenvalue weighted by atomic mass is 19.4. The Kier molecular flexibility index (Phi) is 5.85. The number of hydrogen-bond acceptors (Lipinski definition) is 5. The molecular weight excluding hydrogens is 421 g/mol. The third-order valence-electron chi connectivity index (χ3n) is 5.56. The maximum atomic E-state index is 13.4. The van der Waals surface area contributed by atoms with E-state index in [0.29, 0.717) is 25.3 Å². The first-order valence-corrected chi connectivity index (χ1v) is 11.0. The number of fused-ring (bicyclic) bond motifs is 1. The van der Waals surface area contributed by atoms with Gasteiger partial charge in [0.15, 0.2) is 0 Å². The summed E-state index contributed by atoms with van der Waals surface area (Å²) in [6.07, 6.45) is -2.17. The fourth-order valence-corrected chi connectivity index (χ4v) is 3.81. The molecular formula is C23H29F3N4O2. The predicted octanol–water partition coefficient (Wildman–Crippen LogP) is 5.11. The average Bonchev–Trinajstić information content (AvgIpc) is 3.49. The number of aliphatic imine (C=N–C) groups is 1. The van der Waals surface area contributed by atoms with Gasteiger partial charge in [0.25, 0.3) is 0 Å². The van der Waals surface area contributed by atoms with Gasteiger partial charge in [-0.3, -0.25) is 0 Å². The second kappa shape index (κ2) is 8.33. The maximum Gasteiger partial charge on any atom is 0.416 e. The molecule has 1 aromatic carbocycles. The summed E-state index contributed by atoms with van der Waals surface area (Å²) < 4.78 is 45.5. The quantitative estimate of drug-likeness (QED) is 0.672. The summed E-state index contributed by atoms with van der Waals surface area (Å²) in [7, 11) is 0. The number of ether oxygens (including phenoxy) is 1. The van der Waals surface area contributed by atoms with Crippen molar-refractivity contribution in [1.82, 2.24) is 10.2 Å². The number of carbonyl (C=O) groups excluding carboxylic acids is 1. The minimum absolute atomic E-state index is 0.0558. The molecule has 3 aliphatic rings. The van der Waals surface area contributed by atoms with Crippen molar-refractivity contribution in [3.05, 3.63) is 40.7 Å². The molecule has 0 radical (unpaired) electrons. The molecule has 2 N–H and O–H groups in total. The number of nitrogens with one attached hydrogen (secondary N) is 2. The molecule has 1 aliphatic carbocycles. The number of amides is 1. The van der Waals surface area contributed by atoms with Crippen molar-refractivity contribution in [2.75, 3.05) is 11.9 Å². The molecule has 0 unspecified atom stereocenters. The molecule has 1 fully saturated rings. The first-order valence-electron chi connectivity index (χ1n) is 11.0. The Hall–Kier alpha value is -2.71. The van der Waals surface area contributed by atoms with Gasteiger partial charge in [-0.1, -0.05) is 6.07 Å². The highest BCUT2D eigenvalue weighted by molar-refractivity contribution is 5.97.